The number of benzene rings is 3. The maximum absolute atomic E-state index is 14.3. The van der Waals surface area contributed by atoms with Gasteiger partial charge in [-0.15, -0.1) is 0 Å². The topological polar surface area (TPSA) is 61.5 Å². The summed E-state index contributed by atoms with van der Waals surface area (Å²) in [4.78, 5) is 18.9. The molecular weight excluding hydrogens is 459 g/mol. The molecule has 0 fully saturated rings. The van der Waals surface area contributed by atoms with Gasteiger partial charge in [0.15, 0.2) is 5.17 Å². The van der Waals surface area contributed by atoms with Crippen LogP contribution in [0.15, 0.2) is 101 Å². The third-order valence-electron chi connectivity index (χ3n) is 6.10. The summed E-state index contributed by atoms with van der Waals surface area (Å²) in [5.41, 5.74) is 4.26. The van der Waals surface area contributed by atoms with Crippen LogP contribution in [0.4, 0.5) is 4.39 Å². The monoisotopic (exact) mass is 478 g/mol. The molecule has 0 aliphatic carbocycles. The van der Waals surface area contributed by atoms with Crippen LogP contribution in [-0.4, -0.2) is 26.4 Å². The number of aromatic nitrogens is 1. The third kappa shape index (κ3) is 3.70. The number of nitrogens with one attached hydrogen (secondary N) is 1. The number of carbonyl (C=O) groups is 1. The fourth-order valence-corrected chi connectivity index (χ4v) is 5.29. The molecule has 4 aromatic rings. The number of fused-ring (bicyclic) bond motifs is 2. The van der Waals surface area contributed by atoms with Crippen LogP contribution in [0.3, 0.4) is 0 Å². The minimum absolute atomic E-state index is 0.0889. The summed E-state index contributed by atoms with van der Waals surface area (Å²) in [6.07, 6.45) is 3.62. The maximum Gasteiger partial charge on any atom is 0.283 e. The molecule has 35 heavy (non-hydrogen) atoms. The summed E-state index contributed by atoms with van der Waals surface area (Å²) in [6.45, 7) is 0.355. The first-order valence-electron chi connectivity index (χ1n) is 11.1. The number of hydrogen-bond donors (Lipinski definition) is 1. The van der Waals surface area contributed by atoms with E-state index >= 15 is 0 Å². The number of halogens is 1. The van der Waals surface area contributed by atoms with E-state index in [9.17, 15) is 9.18 Å². The Labute approximate surface area is 205 Å². The van der Waals surface area contributed by atoms with Gasteiger partial charge in [-0.25, -0.2) is 4.39 Å². The van der Waals surface area contributed by atoms with Crippen LogP contribution in [0.1, 0.15) is 16.7 Å². The Bertz CT molecular complexity index is 1600. The number of carbonyl (C=O) groups excluding carboxylic acids is 1. The molecule has 1 N–H and O–H groups in total. The molecule has 0 spiro atoms. The fraction of sp³-hybridized carbons (Fsp3) is 0.0357. The highest BCUT2D eigenvalue weighted by Crippen LogP contribution is 2.37. The number of thioether (sulfide) groups is 1. The van der Waals surface area contributed by atoms with Crippen molar-refractivity contribution in [3.63, 3.8) is 0 Å². The molecule has 2 aliphatic rings. The highest BCUT2D eigenvalue weighted by atomic mass is 32.2. The van der Waals surface area contributed by atoms with Gasteiger partial charge in [0.2, 0.25) is 0 Å². The lowest BCUT2D eigenvalue weighted by atomic mass is 10.1. The number of rotatable bonds is 4. The molecule has 3 aromatic carbocycles. The minimum Gasteiger partial charge on any atom is -0.342 e. The molecule has 0 atom stereocenters. The van der Waals surface area contributed by atoms with Gasteiger partial charge in [0.25, 0.3) is 5.91 Å². The van der Waals surface area contributed by atoms with Gasteiger partial charge in [-0.05, 0) is 23.8 Å². The molecule has 3 heterocycles. The van der Waals surface area contributed by atoms with Crippen molar-refractivity contribution >= 4 is 51.3 Å². The molecule has 1 amide bonds. The zero-order valence-electron chi connectivity index (χ0n) is 18.5. The first kappa shape index (κ1) is 21.3. The molecule has 1 aromatic heterocycles. The molecule has 0 unspecified atom stereocenters. The Balaban J connectivity index is 1.42. The molecule has 0 saturated heterocycles. The number of nitrogens with zero attached hydrogens (tertiary/aromatic N) is 3. The summed E-state index contributed by atoms with van der Waals surface area (Å²) in [7, 11) is 0. The molecule has 6 rings (SSSR count). The molecule has 0 radical (unpaired) electrons. The van der Waals surface area contributed by atoms with Crippen molar-refractivity contribution in [3.05, 3.63) is 119 Å². The van der Waals surface area contributed by atoms with Crippen molar-refractivity contribution in [1.82, 2.24) is 9.47 Å². The summed E-state index contributed by atoms with van der Waals surface area (Å²) in [6, 6.07) is 24.3. The van der Waals surface area contributed by atoms with E-state index in [0.29, 0.717) is 17.3 Å². The Kier molecular flexibility index (Phi) is 5.19. The quantitative estimate of drug-likeness (QED) is 0.359. The van der Waals surface area contributed by atoms with Gasteiger partial charge in [-0.3, -0.25) is 15.1 Å². The van der Waals surface area contributed by atoms with E-state index in [1.165, 1.54) is 17.8 Å². The fourth-order valence-electron chi connectivity index (χ4n) is 4.40. The molecular formula is C28H19FN4OS. The predicted molar refractivity (Wildman–Crippen MR) is 139 cm³/mol. The zero-order chi connectivity index (χ0) is 23.9. The Morgan fingerprint density at radius 2 is 1.71 bits per heavy atom. The van der Waals surface area contributed by atoms with Gasteiger partial charge >= 0.3 is 0 Å². The van der Waals surface area contributed by atoms with E-state index in [2.05, 4.69) is 4.99 Å². The van der Waals surface area contributed by atoms with Crippen molar-refractivity contribution in [2.75, 3.05) is 0 Å². The second-order valence-corrected chi connectivity index (χ2v) is 9.09. The first-order chi connectivity index (χ1) is 17.1. The maximum atomic E-state index is 14.3. The van der Waals surface area contributed by atoms with Crippen molar-refractivity contribution in [3.8, 4) is 0 Å². The van der Waals surface area contributed by atoms with E-state index in [1.807, 2.05) is 76.8 Å². The standard InChI is InChI=1S/C28H19FN4OS/c29-23-12-6-4-10-19(23)15-32-16-20(21-11-5-7-13-24(21)32)14-22-26(30)33-25(18-8-2-1-3-9-18)17-35-28(33)31-27(22)34/h1-14,16-17,30H,15H2/b22-14-,30-26?. The lowest BCUT2D eigenvalue weighted by molar-refractivity contribution is -0.114. The summed E-state index contributed by atoms with van der Waals surface area (Å²) < 4.78 is 16.3. The first-order valence-corrected chi connectivity index (χ1v) is 12.0. The normalized spacial score (nSPS) is 16.6. The van der Waals surface area contributed by atoms with E-state index < -0.39 is 5.91 Å². The number of para-hydroxylation sites is 1. The van der Waals surface area contributed by atoms with E-state index in [1.54, 1.807) is 23.1 Å². The molecule has 7 heteroatoms. The van der Waals surface area contributed by atoms with E-state index in [0.717, 1.165) is 27.7 Å². The SMILES string of the molecule is N=C1/C(=C/c2cn(Cc3ccccc3F)c3ccccc23)C(=O)N=C2SC=C(c3ccccc3)N12. The molecule has 170 valence electrons. The average molecular weight is 479 g/mol. The third-order valence-corrected chi connectivity index (χ3v) is 6.93. The average Bonchev–Trinajstić information content (AvgIpc) is 3.45. The van der Waals surface area contributed by atoms with Crippen molar-refractivity contribution in [2.24, 2.45) is 4.99 Å². The van der Waals surface area contributed by atoms with Gasteiger partial charge in [0.05, 0.1) is 17.8 Å². The lowest BCUT2D eigenvalue weighted by Gasteiger charge is -2.26. The molecule has 2 aliphatic heterocycles. The van der Waals surface area contributed by atoms with Crippen LogP contribution in [0.2, 0.25) is 0 Å². The van der Waals surface area contributed by atoms with Crippen LogP contribution in [0.5, 0.6) is 0 Å². The number of aliphatic imine (C=N–C) groups is 1. The Morgan fingerprint density at radius 1 is 0.971 bits per heavy atom. The number of amidine groups is 2. The molecule has 0 saturated carbocycles. The van der Waals surface area contributed by atoms with Crippen LogP contribution in [-0.2, 0) is 11.3 Å². The summed E-state index contributed by atoms with van der Waals surface area (Å²) in [5, 5.41) is 12.2. The van der Waals surface area contributed by atoms with Crippen LogP contribution in [0.25, 0.3) is 22.7 Å². The van der Waals surface area contributed by atoms with E-state index in [4.69, 9.17) is 5.41 Å². The Morgan fingerprint density at radius 3 is 2.54 bits per heavy atom. The van der Waals surface area contributed by atoms with Crippen molar-refractivity contribution in [2.45, 2.75) is 6.54 Å². The number of amides is 1. The second kappa shape index (κ2) is 8.52. The zero-order valence-corrected chi connectivity index (χ0v) is 19.3. The van der Waals surface area contributed by atoms with Gasteiger partial charge in [-0.2, -0.15) is 4.99 Å². The van der Waals surface area contributed by atoms with Crippen LogP contribution >= 0.6 is 11.8 Å². The van der Waals surface area contributed by atoms with Gasteiger partial charge in [-0.1, -0.05) is 78.5 Å². The minimum atomic E-state index is -0.442. The Hall–Kier alpha value is -4.23. The van der Waals surface area contributed by atoms with Crippen LogP contribution < -0.4 is 0 Å². The lowest BCUT2D eigenvalue weighted by Crippen LogP contribution is -2.37. The predicted octanol–water partition coefficient (Wildman–Crippen LogP) is 6.13. The van der Waals surface area contributed by atoms with Gasteiger partial charge in [0.1, 0.15) is 11.7 Å². The highest BCUT2D eigenvalue weighted by molar-refractivity contribution is 8.17. The molecule has 5 nitrogen and oxygen atoms in total. The van der Waals surface area contributed by atoms with Crippen molar-refractivity contribution in [1.29, 1.82) is 5.41 Å². The van der Waals surface area contributed by atoms with Gasteiger partial charge < -0.3 is 4.57 Å². The smallest absolute Gasteiger partial charge is 0.283 e. The largest absolute Gasteiger partial charge is 0.342 e. The highest BCUT2D eigenvalue weighted by Gasteiger charge is 2.36. The molecule has 0 bridgehead atoms. The van der Waals surface area contributed by atoms with Crippen molar-refractivity contribution < 1.29 is 9.18 Å². The number of hydrogen-bond acceptors (Lipinski definition) is 3. The summed E-state index contributed by atoms with van der Waals surface area (Å²) >= 11 is 1.34. The second-order valence-electron chi connectivity index (χ2n) is 8.25. The summed E-state index contributed by atoms with van der Waals surface area (Å²) in [5.74, 6) is -0.614. The van der Waals surface area contributed by atoms with Gasteiger partial charge in [0, 0.05) is 33.6 Å². The van der Waals surface area contributed by atoms with E-state index in [-0.39, 0.29) is 17.2 Å². The van der Waals surface area contributed by atoms with Crippen LogP contribution in [0, 0.1) is 11.2 Å².